The fourth-order valence-electron chi connectivity index (χ4n) is 1.56. The van der Waals surface area contributed by atoms with Gasteiger partial charge in [0, 0.05) is 12.7 Å². The quantitative estimate of drug-likeness (QED) is 0.734. The van der Waals surface area contributed by atoms with Gasteiger partial charge in [-0.2, -0.15) is 0 Å². The minimum atomic E-state index is -1.44. The summed E-state index contributed by atoms with van der Waals surface area (Å²) in [6.45, 7) is 5.81. The second-order valence-corrected chi connectivity index (χ2v) is 3.82. The van der Waals surface area contributed by atoms with Gasteiger partial charge < -0.3 is 10.0 Å². The van der Waals surface area contributed by atoms with Crippen molar-refractivity contribution < 1.29 is 14.7 Å². The van der Waals surface area contributed by atoms with E-state index in [0.717, 1.165) is 21.6 Å². The molecule has 86 valence electrons. The first-order valence-corrected chi connectivity index (χ1v) is 4.94. The molecule has 0 aliphatic rings. The number of aliphatic carboxylic acids is 1. The Morgan fingerprint density at radius 1 is 1.12 bits per heavy atom. The van der Waals surface area contributed by atoms with E-state index in [0.29, 0.717) is 5.69 Å². The Morgan fingerprint density at radius 2 is 1.69 bits per heavy atom. The molecule has 0 bridgehead atoms. The number of likely N-dealkylation sites (N-methyl/N-ethyl adjacent to an activating group) is 1. The van der Waals surface area contributed by atoms with Crippen molar-refractivity contribution in [3.63, 3.8) is 0 Å². The summed E-state index contributed by atoms with van der Waals surface area (Å²) in [4.78, 5) is 23.1. The number of hydrogen-bond acceptors (Lipinski definition) is 2. The predicted molar refractivity (Wildman–Crippen MR) is 61.7 cm³/mol. The van der Waals surface area contributed by atoms with Crippen LogP contribution in [0.25, 0.3) is 0 Å². The van der Waals surface area contributed by atoms with Crippen LogP contribution in [0.15, 0.2) is 12.1 Å². The van der Waals surface area contributed by atoms with Gasteiger partial charge in [0.1, 0.15) is 0 Å². The zero-order valence-corrected chi connectivity index (χ0v) is 9.87. The molecule has 0 aliphatic carbocycles. The average Bonchev–Trinajstić information content (AvgIpc) is 2.24. The first kappa shape index (κ1) is 12.2. The summed E-state index contributed by atoms with van der Waals surface area (Å²) in [5.41, 5.74) is 3.76. The van der Waals surface area contributed by atoms with Gasteiger partial charge in [-0.15, -0.1) is 0 Å². The summed E-state index contributed by atoms with van der Waals surface area (Å²) in [5.74, 6) is -2.37. The van der Waals surface area contributed by atoms with Gasteiger partial charge in [0.2, 0.25) is 0 Å². The van der Waals surface area contributed by atoms with Crippen molar-refractivity contribution in [3.05, 3.63) is 28.8 Å². The van der Waals surface area contributed by atoms with Gasteiger partial charge in [0.15, 0.2) is 0 Å². The van der Waals surface area contributed by atoms with Gasteiger partial charge in [-0.3, -0.25) is 4.79 Å². The van der Waals surface area contributed by atoms with Crippen molar-refractivity contribution in [3.8, 4) is 0 Å². The number of anilines is 1. The molecule has 0 unspecified atom stereocenters. The van der Waals surface area contributed by atoms with Crippen molar-refractivity contribution in [2.24, 2.45) is 0 Å². The lowest BCUT2D eigenvalue weighted by Gasteiger charge is -2.19. The number of nitrogens with zero attached hydrogens (tertiary/aromatic N) is 1. The number of rotatable bonds is 1. The van der Waals surface area contributed by atoms with Gasteiger partial charge >= 0.3 is 11.9 Å². The van der Waals surface area contributed by atoms with Crippen LogP contribution in [0.1, 0.15) is 16.7 Å². The molecule has 0 aromatic heterocycles. The van der Waals surface area contributed by atoms with E-state index in [1.807, 2.05) is 26.8 Å². The molecule has 1 rings (SSSR count). The number of carbonyl (C=O) groups is 2. The second-order valence-electron chi connectivity index (χ2n) is 3.82. The van der Waals surface area contributed by atoms with Crippen molar-refractivity contribution in [1.82, 2.24) is 0 Å². The Balaban J connectivity index is 3.20. The second kappa shape index (κ2) is 4.35. The smallest absolute Gasteiger partial charge is 0.394 e. The van der Waals surface area contributed by atoms with E-state index >= 15 is 0 Å². The molecule has 0 fully saturated rings. The fraction of sp³-hybridized carbons (Fsp3) is 0.333. The van der Waals surface area contributed by atoms with Crippen LogP contribution in [-0.4, -0.2) is 24.0 Å². The van der Waals surface area contributed by atoms with Crippen LogP contribution in [-0.2, 0) is 9.59 Å². The molecule has 16 heavy (non-hydrogen) atoms. The number of hydrogen-bond donors (Lipinski definition) is 1. The highest BCUT2D eigenvalue weighted by Crippen LogP contribution is 2.24. The van der Waals surface area contributed by atoms with Crippen LogP contribution in [0.4, 0.5) is 5.69 Å². The standard InChI is InChI=1S/C12H15NO3/c1-7-5-6-10(9(3)8(7)2)13(4)11(14)12(15)16/h5-6H,1-4H3,(H,15,16). The van der Waals surface area contributed by atoms with Crippen molar-refractivity contribution in [1.29, 1.82) is 0 Å². The van der Waals surface area contributed by atoms with E-state index in [1.54, 1.807) is 6.07 Å². The molecule has 0 radical (unpaired) electrons. The molecule has 0 heterocycles. The minimum Gasteiger partial charge on any atom is -0.474 e. The minimum absolute atomic E-state index is 0.635. The molecule has 0 spiro atoms. The number of amides is 1. The molecule has 1 aromatic carbocycles. The number of aryl methyl sites for hydroxylation is 1. The molecular weight excluding hydrogens is 206 g/mol. The first-order chi connectivity index (χ1) is 7.36. The van der Waals surface area contributed by atoms with Crippen LogP contribution in [0.3, 0.4) is 0 Å². The number of benzene rings is 1. The highest BCUT2D eigenvalue weighted by molar-refractivity contribution is 6.37. The summed E-state index contributed by atoms with van der Waals surface area (Å²) in [7, 11) is 1.47. The zero-order chi connectivity index (χ0) is 12.5. The van der Waals surface area contributed by atoms with E-state index in [1.165, 1.54) is 7.05 Å². The van der Waals surface area contributed by atoms with E-state index in [9.17, 15) is 9.59 Å². The van der Waals surface area contributed by atoms with Gasteiger partial charge in [-0.05, 0) is 43.5 Å². The Morgan fingerprint density at radius 3 is 2.19 bits per heavy atom. The molecule has 1 aromatic rings. The van der Waals surface area contributed by atoms with Gasteiger partial charge in [0.05, 0.1) is 0 Å². The summed E-state index contributed by atoms with van der Waals surface area (Å²) < 4.78 is 0. The number of carboxylic acids is 1. The normalized spacial score (nSPS) is 10.0. The Labute approximate surface area is 94.5 Å². The molecule has 4 nitrogen and oxygen atoms in total. The van der Waals surface area contributed by atoms with E-state index < -0.39 is 11.9 Å². The molecule has 0 aliphatic heterocycles. The summed E-state index contributed by atoms with van der Waals surface area (Å²) >= 11 is 0. The van der Waals surface area contributed by atoms with E-state index in [4.69, 9.17) is 5.11 Å². The third kappa shape index (κ3) is 2.05. The monoisotopic (exact) mass is 221 g/mol. The van der Waals surface area contributed by atoms with E-state index in [-0.39, 0.29) is 0 Å². The Kier molecular flexibility index (Phi) is 3.32. The molecule has 4 heteroatoms. The lowest BCUT2D eigenvalue weighted by Crippen LogP contribution is -2.33. The maximum atomic E-state index is 11.3. The molecule has 0 saturated heterocycles. The highest BCUT2D eigenvalue weighted by Gasteiger charge is 2.20. The largest absolute Gasteiger partial charge is 0.474 e. The van der Waals surface area contributed by atoms with E-state index in [2.05, 4.69) is 0 Å². The third-order valence-electron chi connectivity index (χ3n) is 2.88. The third-order valence-corrected chi connectivity index (χ3v) is 2.88. The maximum absolute atomic E-state index is 11.3. The van der Waals surface area contributed by atoms with Gasteiger partial charge in [-0.25, -0.2) is 4.79 Å². The Hall–Kier alpha value is -1.84. The average molecular weight is 221 g/mol. The van der Waals surface area contributed by atoms with Gasteiger partial charge in [-0.1, -0.05) is 6.07 Å². The maximum Gasteiger partial charge on any atom is 0.394 e. The van der Waals surface area contributed by atoms with Crippen LogP contribution in [0.2, 0.25) is 0 Å². The summed E-state index contributed by atoms with van der Waals surface area (Å²) in [5, 5.41) is 8.64. The molecule has 0 saturated carbocycles. The summed E-state index contributed by atoms with van der Waals surface area (Å²) in [6, 6.07) is 3.64. The molecule has 0 atom stereocenters. The lowest BCUT2D eigenvalue weighted by atomic mass is 10.0. The number of carbonyl (C=O) groups excluding carboxylic acids is 1. The fourth-order valence-corrected chi connectivity index (χ4v) is 1.56. The Bertz CT molecular complexity index is 452. The SMILES string of the molecule is Cc1ccc(N(C)C(=O)C(=O)O)c(C)c1C. The van der Waals surface area contributed by atoms with Crippen molar-refractivity contribution >= 4 is 17.6 Å². The highest BCUT2D eigenvalue weighted by atomic mass is 16.4. The number of carboxylic acid groups (broad SMARTS) is 1. The predicted octanol–water partition coefficient (Wildman–Crippen LogP) is 1.66. The molecular formula is C12H15NO3. The zero-order valence-electron chi connectivity index (χ0n) is 9.87. The first-order valence-electron chi connectivity index (χ1n) is 4.94. The van der Waals surface area contributed by atoms with Crippen molar-refractivity contribution in [2.45, 2.75) is 20.8 Å². The van der Waals surface area contributed by atoms with Crippen LogP contribution < -0.4 is 4.90 Å². The van der Waals surface area contributed by atoms with Crippen LogP contribution in [0.5, 0.6) is 0 Å². The molecule has 1 amide bonds. The van der Waals surface area contributed by atoms with Crippen LogP contribution >= 0.6 is 0 Å². The summed E-state index contributed by atoms with van der Waals surface area (Å²) in [6.07, 6.45) is 0. The molecule has 1 N–H and O–H groups in total. The van der Waals surface area contributed by atoms with Crippen molar-refractivity contribution in [2.75, 3.05) is 11.9 Å². The topological polar surface area (TPSA) is 57.6 Å². The lowest BCUT2D eigenvalue weighted by molar-refractivity contribution is -0.148. The van der Waals surface area contributed by atoms with Gasteiger partial charge in [0.25, 0.3) is 0 Å². The van der Waals surface area contributed by atoms with Crippen LogP contribution in [0, 0.1) is 20.8 Å².